The molecule has 3 N–H and O–H groups in total. The van der Waals surface area contributed by atoms with E-state index in [1.54, 1.807) is 37.8 Å². The Bertz CT molecular complexity index is 1240. The van der Waals surface area contributed by atoms with Crippen LogP contribution in [-0.4, -0.2) is 64.4 Å². The van der Waals surface area contributed by atoms with E-state index in [1.165, 1.54) is 0 Å². The van der Waals surface area contributed by atoms with Crippen LogP contribution in [0.3, 0.4) is 0 Å². The highest BCUT2D eigenvalue weighted by atomic mass is 127. The van der Waals surface area contributed by atoms with Crippen molar-refractivity contribution in [1.82, 2.24) is 14.8 Å². The third kappa shape index (κ3) is 8.94. The maximum atomic E-state index is 13.6. The summed E-state index contributed by atoms with van der Waals surface area (Å²) in [5, 5.41) is 3.11. The Hall–Kier alpha value is -2.61. The molecule has 0 saturated carbocycles. The van der Waals surface area contributed by atoms with Crippen LogP contribution in [0.25, 0.3) is 11.0 Å². The van der Waals surface area contributed by atoms with Crippen molar-refractivity contribution < 1.29 is 57.1 Å². The largest absolute Gasteiger partial charge is 1.00 e. The number of likely N-dealkylation sites (tertiary alicyclic amines) is 1. The number of aryl methyl sites for hydroxylation is 2. The van der Waals surface area contributed by atoms with Gasteiger partial charge in [-0.2, -0.15) is 0 Å². The number of fused-ring (bicyclic) bond motifs is 1. The summed E-state index contributed by atoms with van der Waals surface area (Å²) in [7, 11) is 0. The molecular formula is C29H46IN5O6. The molecule has 1 saturated heterocycles. The van der Waals surface area contributed by atoms with Gasteiger partial charge in [0.15, 0.2) is 17.6 Å². The van der Waals surface area contributed by atoms with Gasteiger partial charge >= 0.3 is 12.1 Å². The van der Waals surface area contributed by atoms with E-state index >= 15 is 0 Å². The normalized spacial score (nSPS) is 14.4. The third-order valence-corrected chi connectivity index (χ3v) is 6.59. The summed E-state index contributed by atoms with van der Waals surface area (Å²) < 4.78 is 21.0. The number of aromatic nitrogens is 2. The molecule has 12 heteroatoms. The summed E-state index contributed by atoms with van der Waals surface area (Å²) in [6.45, 7) is 17.3. The average molecular weight is 688 g/mol. The molecule has 0 spiro atoms. The first-order valence-electron chi connectivity index (χ1n) is 14.1. The zero-order valence-corrected chi connectivity index (χ0v) is 27.8. The van der Waals surface area contributed by atoms with E-state index < -0.39 is 17.2 Å². The number of nitrogens with two attached hydrogens (primary N) is 1. The molecule has 2 amide bonds. The van der Waals surface area contributed by atoms with Crippen molar-refractivity contribution >= 4 is 29.0 Å². The van der Waals surface area contributed by atoms with Crippen molar-refractivity contribution in [1.29, 1.82) is 0 Å². The standard InChI is InChI=1S/C29H45N5O6.HI/c1-9-33-21-15-20(26(36)31-19-11-13-32(14-12-19)27(37)40-29(6,7)8)23(38-18-25(35)39-28(3,4)5)16-22(21)34(10-2)24(33)17-30;/h15-16,19H,9-14,17-18,30H2,1-8H3;1H. The molecule has 0 aliphatic carbocycles. The molecule has 1 fully saturated rings. The lowest BCUT2D eigenvalue weighted by Crippen LogP contribution is -3.00. The minimum atomic E-state index is -0.654. The van der Waals surface area contributed by atoms with Crippen LogP contribution < -0.4 is 44.3 Å². The Kier molecular flexibility index (Phi) is 11.8. The van der Waals surface area contributed by atoms with Crippen LogP contribution in [0.1, 0.15) is 84.4 Å². The molecular weight excluding hydrogens is 641 g/mol. The monoisotopic (exact) mass is 687 g/mol. The number of carbonyl (C=O) groups is 3. The minimum absolute atomic E-state index is 0. The first-order chi connectivity index (χ1) is 18.7. The number of esters is 1. The second-order valence-corrected chi connectivity index (χ2v) is 12.0. The molecule has 3 rings (SSSR count). The number of piperidine rings is 1. The van der Waals surface area contributed by atoms with E-state index in [0.717, 1.165) is 16.9 Å². The minimum Gasteiger partial charge on any atom is -1.00 e. The van der Waals surface area contributed by atoms with Gasteiger partial charge in [0.2, 0.25) is 0 Å². The smallest absolute Gasteiger partial charge is 0.410 e. The van der Waals surface area contributed by atoms with Gasteiger partial charge in [-0.1, -0.05) is 0 Å². The van der Waals surface area contributed by atoms with Gasteiger partial charge < -0.3 is 54.1 Å². The second-order valence-electron chi connectivity index (χ2n) is 12.0. The predicted octanol–water partition coefficient (Wildman–Crippen LogP) is 0.281. The molecule has 11 nitrogen and oxygen atoms in total. The summed E-state index contributed by atoms with van der Waals surface area (Å²) in [4.78, 5) is 40.2. The van der Waals surface area contributed by atoms with Gasteiger partial charge in [0.1, 0.15) is 17.0 Å². The molecule has 2 heterocycles. The lowest BCUT2D eigenvalue weighted by molar-refractivity contribution is -0.676. The second kappa shape index (κ2) is 14.0. The number of carbonyl (C=O) groups excluding carboxylic acids is 3. The SMILES string of the molecule is CCn1c(CN)[n+](CC)c2cc(OCC(=O)OC(C)(C)C)c(C(=O)NC3CCN(C(=O)OC(C)(C)C)CC3)cc21.[I-]. The number of hydrogen-bond acceptors (Lipinski definition) is 7. The first-order valence-corrected chi connectivity index (χ1v) is 14.1. The Balaban J connectivity index is 0.00000588. The number of benzene rings is 1. The van der Waals surface area contributed by atoms with Crippen molar-refractivity contribution in [2.24, 2.45) is 5.73 Å². The molecule has 230 valence electrons. The maximum absolute atomic E-state index is 13.6. The van der Waals surface area contributed by atoms with E-state index in [1.807, 2.05) is 34.6 Å². The van der Waals surface area contributed by atoms with Gasteiger partial charge in [-0.3, -0.25) is 4.79 Å². The van der Waals surface area contributed by atoms with E-state index in [-0.39, 0.29) is 48.6 Å². The maximum Gasteiger partial charge on any atom is 0.410 e. The summed E-state index contributed by atoms with van der Waals surface area (Å²) >= 11 is 0. The number of halogens is 1. The highest BCUT2D eigenvalue weighted by Gasteiger charge is 2.30. The van der Waals surface area contributed by atoms with E-state index in [2.05, 4.69) is 14.5 Å². The average Bonchev–Trinajstić information content (AvgIpc) is 3.16. The van der Waals surface area contributed by atoms with Crippen LogP contribution in [0.4, 0.5) is 4.79 Å². The fourth-order valence-electron chi connectivity index (χ4n) is 4.94. The zero-order valence-electron chi connectivity index (χ0n) is 25.6. The number of hydrogen-bond donors (Lipinski definition) is 2. The highest BCUT2D eigenvalue weighted by Crippen LogP contribution is 2.27. The Labute approximate surface area is 260 Å². The van der Waals surface area contributed by atoms with Crippen LogP contribution in [0.2, 0.25) is 0 Å². The molecule has 0 bridgehead atoms. The van der Waals surface area contributed by atoms with E-state index in [4.69, 9.17) is 19.9 Å². The van der Waals surface area contributed by atoms with E-state index in [9.17, 15) is 14.4 Å². The number of rotatable bonds is 8. The third-order valence-electron chi connectivity index (χ3n) is 6.59. The van der Waals surface area contributed by atoms with Crippen LogP contribution in [0.15, 0.2) is 12.1 Å². The van der Waals surface area contributed by atoms with Crippen molar-refractivity contribution in [3.05, 3.63) is 23.5 Å². The molecule has 2 aromatic rings. The summed E-state index contributed by atoms with van der Waals surface area (Å²) in [6, 6.07) is 3.48. The lowest BCUT2D eigenvalue weighted by atomic mass is 10.0. The molecule has 0 atom stereocenters. The van der Waals surface area contributed by atoms with Crippen LogP contribution in [0, 0.1) is 0 Å². The van der Waals surface area contributed by atoms with Gasteiger partial charge in [-0.15, -0.1) is 0 Å². The number of amides is 2. The fraction of sp³-hybridized carbons (Fsp3) is 0.655. The number of nitrogens with zero attached hydrogens (tertiary/aromatic N) is 3. The molecule has 1 aliphatic rings. The lowest BCUT2D eigenvalue weighted by Gasteiger charge is -2.33. The highest BCUT2D eigenvalue weighted by molar-refractivity contribution is 6.00. The molecule has 1 aromatic carbocycles. The van der Waals surface area contributed by atoms with Crippen molar-refractivity contribution in [3.63, 3.8) is 0 Å². The zero-order chi connectivity index (χ0) is 29.8. The number of imidazole rings is 1. The van der Waals surface area contributed by atoms with Crippen LogP contribution >= 0.6 is 0 Å². The fourth-order valence-corrected chi connectivity index (χ4v) is 4.94. The van der Waals surface area contributed by atoms with Crippen molar-refractivity contribution in [2.75, 3.05) is 19.7 Å². The van der Waals surface area contributed by atoms with Crippen molar-refractivity contribution in [3.8, 4) is 5.75 Å². The quantitative estimate of drug-likeness (QED) is 0.232. The Morgan fingerprint density at radius 1 is 1.02 bits per heavy atom. The summed E-state index contributed by atoms with van der Waals surface area (Å²) in [5.74, 6) is 0.398. The van der Waals surface area contributed by atoms with Gasteiger partial charge in [0.25, 0.3) is 11.7 Å². The topological polar surface area (TPSA) is 129 Å². The van der Waals surface area contributed by atoms with Crippen molar-refractivity contribution in [2.45, 2.75) is 105 Å². The number of nitrogens with one attached hydrogen (secondary N) is 1. The van der Waals surface area contributed by atoms with Crippen LogP contribution in [-0.2, 0) is 33.9 Å². The Morgan fingerprint density at radius 3 is 2.15 bits per heavy atom. The molecule has 0 unspecified atom stereocenters. The molecule has 1 aromatic heterocycles. The van der Waals surface area contributed by atoms with Gasteiger partial charge in [0, 0.05) is 31.3 Å². The van der Waals surface area contributed by atoms with Gasteiger partial charge in [-0.05, 0) is 68.2 Å². The summed E-state index contributed by atoms with van der Waals surface area (Å²) in [5.41, 5.74) is 6.93. The van der Waals surface area contributed by atoms with Crippen LogP contribution in [0.5, 0.6) is 5.75 Å². The summed E-state index contributed by atoms with van der Waals surface area (Å²) in [6.07, 6.45) is 0.848. The van der Waals surface area contributed by atoms with Gasteiger partial charge in [0.05, 0.1) is 25.2 Å². The van der Waals surface area contributed by atoms with E-state index in [0.29, 0.717) is 56.9 Å². The van der Waals surface area contributed by atoms with Gasteiger partial charge in [-0.25, -0.2) is 18.7 Å². The molecule has 1 aliphatic heterocycles. The Morgan fingerprint density at radius 2 is 1.63 bits per heavy atom. The molecule has 41 heavy (non-hydrogen) atoms. The first kappa shape index (κ1) is 34.6. The predicted molar refractivity (Wildman–Crippen MR) is 151 cm³/mol. The number of ether oxygens (including phenoxy) is 3. The molecule has 0 radical (unpaired) electrons.